The quantitative estimate of drug-likeness (QED) is 0.873. The molecule has 21 heavy (non-hydrogen) atoms. The first-order chi connectivity index (χ1) is 10.2. The van der Waals surface area contributed by atoms with Crippen LogP contribution in [-0.2, 0) is 7.05 Å². The average Bonchev–Trinajstić information content (AvgIpc) is 3.06. The molecular weight excluding hydrogens is 270 g/mol. The van der Waals surface area contributed by atoms with Crippen LogP contribution in [0.3, 0.4) is 0 Å². The monoisotopic (exact) mass is 285 g/mol. The number of aliphatic hydroxyl groups excluding tert-OH is 1. The van der Waals surface area contributed by atoms with E-state index in [1.807, 2.05) is 11.9 Å². The molecule has 1 aliphatic rings. The van der Waals surface area contributed by atoms with Crippen LogP contribution in [0.15, 0.2) is 30.7 Å². The molecule has 0 bridgehead atoms. The van der Waals surface area contributed by atoms with E-state index in [2.05, 4.69) is 16.2 Å². The zero-order chi connectivity index (χ0) is 14.8. The van der Waals surface area contributed by atoms with E-state index in [9.17, 15) is 5.11 Å². The molecule has 1 aliphatic heterocycles. The maximum absolute atomic E-state index is 10.1. The Hall–Kier alpha value is -2.59. The minimum absolute atomic E-state index is 0.346. The van der Waals surface area contributed by atoms with Gasteiger partial charge < -0.3 is 14.7 Å². The lowest BCUT2D eigenvalue weighted by atomic mass is 10.3. The van der Waals surface area contributed by atoms with Gasteiger partial charge in [0, 0.05) is 19.8 Å². The molecule has 1 fully saturated rings. The molecule has 0 saturated carbocycles. The van der Waals surface area contributed by atoms with Crippen LogP contribution in [0.1, 0.15) is 5.56 Å². The average molecular weight is 285 g/mol. The summed E-state index contributed by atoms with van der Waals surface area (Å²) in [6.45, 7) is 0.935. The minimum atomic E-state index is -0.613. The summed E-state index contributed by atoms with van der Waals surface area (Å²) in [5.41, 5.74) is 0.547. The third-order valence-corrected chi connectivity index (χ3v) is 3.40. The third kappa shape index (κ3) is 2.80. The predicted octanol–water partition coefficient (Wildman–Crippen LogP) is 0.315. The summed E-state index contributed by atoms with van der Waals surface area (Å²) in [7, 11) is 1.81. The van der Waals surface area contributed by atoms with Crippen molar-refractivity contribution < 1.29 is 9.84 Å². The van der Waals surface area contributed by atoms with Gasteiger partial charge in [-0.15, -0.1) is 0 Å². The summed E-state index contributed by atoms with van der Waals surface area (Å²) in [6.07, 6.45) is 4.00. The van der Waals surface area contributed by atoms with Crippen molar-refractivity contribution >= 4 is 5.82 Å². The highest BCUT2D eigenvalue weighted by Gasteiger charge is 2.34. The number of anilines is 1. The summed E-state index contributed by atoms with van der Waals surface area (Å²) in [6, 6.07) is 5.44. The fourth-order valence-corrected chi connectivity index (χ4v) is 2.35. The number of hydrogen-bond acceptors (Lipinski definition) is 6. The summed E-state index contributed by atoms with van der Waals surface area (Å²) in [5.74, 6) is 1.30. The fourth-order valence-electron chi connectivity index (χ4n) is 2.35. The Morgan fingerprint density at radius 3 is 3.05 bits per heavy atom. The Bertz CT molecular complexity index is 678. The zero-order valence-electron chi connectivity index (χ0n) is 11.5. The number of aromatic nitrogens is 3. The van der Waals surface area contributed by atoms with Crippen molar-refractivity contribution in [2.45, 2.75) is 12.2 Å². The zero-order valence-corrected chi connectivity index (χ0v) is 11.5. The van der Waals surface area contributed by atoms with Gasteiger partial charge in [-0.2, -0.15) is 10.4 Å². The number of aliphatic hydroxyl groups is 1. The molecule has 7 heteroatoms. The number of ether oxygens (including phenoxy) is 1. The lowest BCUT2D eigenvalue weighted by Gasteiger charge is -2.17. The predicted molar refractivity (Wildman–Crippen MR) is 74.8 cm³/mol. The van der Waals surface area contributed by atoms with Gasteiger partial charge in [-0.25, -0.2) is 4.98 Å². The van der Waals surface area contributed by atoms with Crippen LogP contribution in [0.2, 0.25) is 0 Å². The molecule has 1 saturated heterocycles. The largest absolute Gasteiger partial charge is 0.482 e. The van der Waals surface area contributed by atoms with Crippen LogP contribution < -0.4 is 9.64 Å². The topological polar surface area (TPSA) is 87.2 Å². The van der Waals surface area contributed by atoms with E-state index in [1.165, 1.54) is 0 Å². The molecule has 0 aliphatic carbocycles. The van der Waals surface area contributed by atoms with E-state index >= 15 is 0 Å². The number of nitriles is 1. The van der Waals surface area contributed by atoms with E-state index in [1.54, 1.807) is 35.4 Å². The standard InChI is InChI=1S/C14H15N5O2/c1-18-7-11(6-17-18)21-13-9-19(8-12(13)20)14-4-10(5-15)2-3-16-14/h2-4,6-7,12-13,20H,8-9H2,1H3/t12-,13-/m1/s1. The number of aryl methyl sites for hydroxylation is 1. The molecule has 3 rings (SSSR count). The minimum Gasteiger partial charge on any atom is -0.482 e. The van der Waals surface area contributed by atoms with Crippen molar-refractivity contribution in [3.63, 3.8) is 0 Å². The van der Waals surface area contributed by atoms with Crippen molar-refractivity contribution in [1.29, 1.82) is 5.26 Å². The van der Waals surface area contributed by atoms with E-state index in [4.69, 9.17) is 10.00 Å². The molecule has 0 aromatic carbocycles. The van der Waals surface area contributed by atoms with Crippen molar-refractivity contribution in [2.24, 2.45) is 7.05 Å². The highest BCUT2D eigenvalue weighted by molar-refractivity contribution is 5.46. The van der Waals surface area contributed by atoms with Crippen LogP contribution in [0.4, 0.5) is 5.82 Å². The third-order valence-electron chi connectivity index (χ3n) is 3.40. The lowest BCUT2D eigenvalue weighted by molar-refractivity contribution is 0.0737. The van der Waals surface area contributed by atoms with Gasteiger partial charge in [0.25, 0.3) is 0 Å². The first-order valence-electron chi connectivity index (χ1n) is 6.60. The second-order valence-electron chi connectivity index (χ2n) is 4.99. The van der Waals surface area contributed by atoms with Crippen molar-refractivity contribution in [3.05, 3.63) is 36.3 Å². The Kier molecular flexibility index (Phi) is 3.46. The Morgan fingerprint density at radius 1 is 1.48 bits per heavy atom. The second-order valence-corrected chi connectivity index (χ2v) is 4.99. The van der Waals surface area contributed by atoms with Gasteiger partial charge in [-0.3, -0.25) is 4.68 Å². The number of pyridine rings is 1. The molecule has 2 atom stereocenters. The van der Waals surface area contributed by atoms with Crippen molar-refractivity contribution in [1.82, 2.24) is 14.8 Å². The van der Waals surface area contributed by atoms with Gasteiger partial charge in [-0.05, 0) is 12.1 Å². The van der Waals surface area contributed by atoms with Gasteiger partial charge in [-0.1, -0.05) is 0 Å². The van der Waals surface area contributed by atoms with Gasteiger partial charge in [0.05, 0.1) is 30.6 Å². The van der Waals surface area contributed by atoms with E-state index in [0.717, 1.165) is 0 Å². The van der Waals surface area contributed by atoms with Gasteiger partial charge >= 0.3 is 0 Å². The van der Waals surface area contributed by atoms with Crippen molar-refractivity contribution in [3.8, 4) is 11.8 Å². The van der Waals surface area contributed by atoms with Crippen LogP contribution in [0.5, 0.6) is 5.75 Å². The van der Waals surface area contributed by atoms with Crippen LogP contribution in [0, 0.1) is 11.3 Å². The molecule has 108 valence electrons. The molecule has 0 radical (unpaired) electrons. The van der Waals surface area contributed by atoms with Gasteiger partial charge in [0.15, 0.2) is 5.75 Å². The maximum atomic E-state index is 10.1. The smallest absolute Gasteiger partial charge is 0.157 e. The molecule has 7 nitrogen and oxygen atoms in total. The Morgan fingerprint density at radius 2 is 2.33 bits per heavy atom. The second kappa shape index (κ2) is 5.42. The SMILES string of the molecule is Cn1cc(O[C@@H]2CN(c3cc(C#N)ccn3)C[C@H]2O)cn1. The Labute approximate surface area is 122 Å². The highest BCUT2D eigenvalue weighted by Crippen LogP contribution is 2.22. The summed E-state index contributed by atoms with van der Waals surface area (Å²) < 4.78 is 7.39. The maximum Gasteiger partial charge on any atom is 0.157 e. The first kappa shape index (κ1) is 13.4. The van der Waals surface area contributed by atoms with Crippen LogP contribution in [0.25, 0.3) is 0 Å². The van der Waals surface area contributed by atoms with Gasteiger partial charge in [0.1, 0.15) is 18.0 Å². The van der Waals surface area contributed by atoms with E-state index in [0.29, 0.717) is 30.2 Å². The summed E-state index contributed by atoms with van der Waals surface area (Å²) >= 11 is 0. The molecule has 0 amide bonds. The molecule has 0 unspecified atom stereocenters. The summed E-state index contributed by atoms with van der Waals surface area (Å²) in [4.78, 5) is 6.15. The Balaban J connectivity index is 1.72. The normalized spacial score (nSPS) is 21.3. The highest BCUT2D eigenvalue weighted by atomic mass is 16.5. The van der Waals surface area contributed by atoms with Crippen molar-refractivity contribution in [2.75, 3.05) is 18.0 Å². The van der Waals surface area contributed by atoms with Crippen LogP contribution >= 0.6 is 0 Å². The number of rotatable bonds is 3. The lowest BCUT2D eigenvalue weighted by Crippen LogP contribution is -2.29. The van der Waals surface area contributed by atoms with Gasteiger partial charge in [0.2, 0.25) is 0 Å². The molecular formula is C14H15N5O2. The van der Waals surface area contributed by atoms with E-state index < -0.39 is 6.10 Å². The number of nitrogens with zero attached hydrogens (tertiary/aromatic N) is 5. The first-order valence-corrected chi connectivity index (χ1v) is 6.60. The van der Waals surface area contributed by atoms with Crippen LogP contribution in [-0.4, -0.2) is 45.2 Å². The molecule has 2 aromatic heterocycles. The fraction of sp³-hybridized carbons (Fsp3) is 0.357. The molecule has 0 spiro atoms. The molecule has 1 N–H and O–H groups in total. The number of hydrogen-bond donors (Lipinski definition) is 1. The number of β-amino-alcohol motifs (C(OH)–C–C–N with tert-alkyl or cyclic N) is 1. The molecule has 3 heterocycles. The van der Waals surface area contributed by atoms with E-state index in [-0.39, 0.29) is 6.10 Å². The molecule has 2 aromatic rings. The summed E-state index contributed by atoms with van der Waals surface area (Å²) in [5, 5.41) is 23.1.